The molecule has 208 valence electrons. The predicted molar refractivity (Wildman–Crippen MR) is 163 cm³/mol. The second-order valence-electron chi connectivity index (χ2n) is 10.4. The highest BCUT2D eigenvalue weighted by Crippen LogP contribution is 2.28. The molecule has 0 amide bonds. The average molecular weight is 537 g/mol. The average Bonchev–Trinajstić information content (AvgIpc) is 3.00. The molecule has 0 aliphatic heterocycles. The Morgan fingerprint density at radius 2 is 1.57 bits per heavy atom. The topological polar surface area (TPSA) is 51.7 Å². The van der Waals surface area contributed by atoms with Gasteiger partial charge >= 0.3 is 5.97 Å². The molecule has 4 aromatic rings. The number of nitrogens with zero attached hydrogens (tertiary/aromatic N) is 2. The molecule has 0 spiro atoms. The summed E-state index contributed by atoms with van der Waals surface area (Å²) in [5, 5.41) is 0. The van der Waals surface area contributed by atoms with E-state index in [9.17, 15) is 4.79 Å². The van der Waals surface area contributed by atoms with Crippen LogP contribution in [-0.4, -0.2) is 24.1 Å². The molecule has 5 heteroatoms. The lowest BCUT2D eigenvalue weighted by molar-refractivity contribution is 0.0599. The number of anilines is 1. The van der Waals surface area contributed by atoms with Crippen molar-refractivity contribution in [2.75, 3.05) is 12.0 Å². The summed E-state index contributed by atoms with van der Waals surface area (Å²) in [7, 11) is 1.35. The Labute approximate surface area is 238 Å². The highest BCUT2D eigenvalue weighted by Gasteiger charge is 2.14. The zero-order chi connectivity index (χ0) is 28.5. The van der Waals surface area contributed by atoms with Gasteiger partial charge in [-0.05, 0) is 84.7 Å². The summed E-state index contributed by atoms with van der Waals surface area (Å²) in [5.41, 5.74) is 7.71. The summed E-state index contributed by atoms with van der Waals surface area (Å²) in [6.45, 7) is 10.3. The fraction of sp³-hybridized carbons (Fsp3) is 0.314. The number of pyridine rings is 1. The van der Waals surface area contributed by atoms with Gasteiger partial charge in [0.2, 0.25) is 0 Å². The number of hydrogen-bond acceptors (Lipinski definition) is 5. The van der Waals surface area contributed by atoms with E-state index in [0.717, 1.165) is 17.7 Å². The fourth-order valence-corrected chi connectivity index (χ4v) is 5.00. The van der Waals surface area contributed by atoms with Gasteiger partial charge in [-0.3, -0.25) is 4.98 Å². The van der Waals surface area contributed by atoms with Crippen molar-refractivity contribution in [3.63, 3.8) is 0 Å². The lowest BCUT2D eigenvalue weighted by atomic mass is 9.94. The first kappa shape index (κ1) is 28.9. The van der Waals surface area contributed by atoms with Crippen LogP contribution in [0.1, 0.15) is 73.5 Å². The number of rotatable bonds is 12. The van der Waals surface area contributed by atoms with Gasteiger partial charge in [0, 0.05) is 24.5 Å². The van der Waals surface area contributed by atoms with Gasteiger partial charge in [0.1, 0.15) is 12.4 Å². The second kappa shape index (κ2) is 13.8. The number of esters is 1. The van der Waals surface area contributed by atoms with Gasteiger partial charge < -0.3 is 14.4 Å². The Bertz CT molecular complexity index is 1380. The first-order valence-electron chi connectivity index (χ1n) is 14.1. The van der Waals surface area contributed by atoms with Crippen LogP contribution in [0.3, 0.4) is 0 Å². The van der Waals surface area contributed by atoms with Gasteiger partial charge in [0.15, 0.2) is 0 Å². The molecule has 0 saturated carbocycles. The van der Waals surface area contributed by atoms with Crippen molar-refractivity contribution in [3.8, 4) is 16.9 Å². The van der Waals surface area contributed by atoms with Crippen LogP contribution in [-0.2, 0) is 17.9 Å². The number of ether oxygens (including phenoxy) is 2. The summed E-state index contributed by atoms with van der Waals surface area (Å²) in [5.74, 6) is 0.724. The first-order valence-corrected chi connectivity index (χ1v) is 14.1. The highest BCUT2D eigenvalue weighted by atomic mass is 16.5. The van der Waals surface area contributed by atoms with E-state index in [2.05, 4.69) is 110 Å². The molecule has 0 aliphatic carbocycles. The van der Waals surface area contributed by atoms with E-state index in [1.54, 1.807) is 12.3 Å². The van der Waals surface area contributed by atoms with Crippen LogP contribution in [0.4, 0.5) is 5.69 Å². The van der Waals surface area contributed by atoms with Crippen molar-refractivity contribution >= 4 is 11.7 Å². The molecule has 4 rings (SSSR count). The second-order valence-corrected chi connectivity index (χ2v) is 10.4. The molecule has 0 fully saturated rings. The third-order valence-corrected chi connectivity index (χ3v) is 7.41. The van der Waals surface area contributed by atoms with E-state index in [-0.39, 0.29) is 0 Å². The summed E-state index contributed by atoms with van der Waals surface area (Å²) in [4.78, 5) is 18.3. The van der Waals surface area contributed by atoms with Crippen molar-refractivity contribution in [1.29, 1.82) is 0 Å². The number of benzene rings is 3. The number of methoxy groups -OCH3 is 1. The van der Waals surface area contributed by atoms with Crippen LogP contribution in [0, 0.1) is 0 Å². The number of carbonyl (C=O) groups is 1. The van der Waals surface area contributed by atoms with Gasteiger partial charge in [-0.25, -0.2) is 4.79 Å². The molecule has 5 nitrogen and oxygen atoms in total. The molecular weight excluding hydrogens is 496 g/mol. The van der Waals surface area contributed by atoms with Crippen LogP contribution < -0.4 is 9.64 Å². The molecule has 3 aromatic carbocycles. The summed E-state index contributed by atoms with van der Waals surface area (Å²) in [6, 6.07) is 28.3. The van der Waals surface area contributed by atoms with Gasteiger partial charge in [0.25, 0.3) is 0 Å². The Hall–Kier alpha value is -4.12. The van der Waals surface area contributed by atoms with Crippen molar-refractivity contribution in [2.45, 2.75) is 65.6 Å². The minimum atomic E-state index is -0.434. The third kappa shape index (κ3) is 7.29. The molecule has 40 heavy (non-hydrogen) atoms. The lowest BCUT2D eigenvalue weighted by Crippen LogP contribution is -2.30. The van der Waals surface area contributed by atoms with E-state index in [1.165, 1.54) is 48.5 Å². The maximum Gasteiger partial charge on any atom is 0.339 e. The van der Waals surface area contributed by atoms with Crippen molar-refractivity contribution in [2.24, 2.45) is 0 Å². The minimum Gasteiger partial charge on any atom is -0.487 e. The van der Waals surface area contributed by atoms with E-state index in [4.69, 9.17) is 9.47 Å². The largest absolute Gasteiger partial charge is 0.487 e. The van der Waals surface area contributed by atoms with E-state index in [0.29, 0.717) is 29.9 Å². The number of aromatic nitrogens is 1. The summed E-state index contributed by atoms with van der Waals surface area (Å²) < 4.78 is 10.6. The van der Waals surface area contributed by atoms with Crippen molar-refractivity contribution in [3.05, 3.63) is 114 Å². The molecule has 1 aromatic heterocycles. The van der Waals surface area contributed by atoms with E-state index < -0.39 is 5.97 Å². The van der Waals surface area contributed by atoms with E-state index in [1.807, 2.05) is 0 Å². The van der Waals surface area contributed by atoms with E-state index >= 15 is 0 Å². The Kier molecular flexibility index (Phi) is 9.96. The molecule has 1 heterocycles. The van der Waals surface area contributed by atoms with Gasteiger partial charge in [-0.1, -0.05) is 68.4 Å². The molecule has 0 atom stereocenters. The predicted octanol–water partition coefficient (Wildman–Crippen LogP) is 8.43. The van der Waals surface area contributed by atoms with Crippen LogP contribution in [0.5, 0.6) is 5.75 Å². The Morgan fingerprint density at radius 1 is 0.850 bits per heavy atom. The van der Waals surface area contributed by atoms with Gasteiger partial charge in [-0.2, -0.15) is 0 Å². The smallest absolute Gasteiger partial charge is 0.339 e. The molecule has 0 aliphatic rings. The molecule has 0 saturated heterocycles. The molecule has 0 unspecified atom stereocenters. The number of hydrogen-bond donors (Lipinski definition) is 0. The minimum absolute atomic E-state index is 0.366. The van der Waals surface area contributed by atoms with Gasteiger partial charge in [0.05, 0.1) is 18.9 Å². The van der Waals surface area contributed by atoms with Crippen LogP contribution in [0.25, 0.3) is 11.1 Å². The fourth-order valence-electron chi connectivity index (χ4n) is 5.00. The quantitative estimate of drug-likeness (QED) is 0.170. The molecule has 0 N–H and O–H groups in total. The highest BCUT2D eigenvalue weighted by molar-refractivity contribution is 5.89. The Balaban J connectivity index is 1.43. The SMILES string of the molecule is CCC(CC)c1ccc(N(Cc2cccc(-c3ccc(COc4cncc(C(=O)OC)c4)cc3)c2)C(C)C)cc1. The van der Waals surface area contributed by atoms with Crippen molar-refractivity contribution < 1.29 is 14.3 Å². The summed E-state index contributed by atoms with van der Waals surface area (Å²) in [6.07, 6.45) is 5.40. The van der Waals surface area contributed by atoms with Crippen LogP contribution in [0.15, 0.2) is 91.3 Å². The third-order valence-electron chi connectivity index (χ3n) is 7.41. The van der Waals surface area contributed by atoms with Crippen LogP contribution >= 0.6 is 0 Å². The van der Waals surface area contributed by atoms with Crippen molar-refractivity contribution in [1.82, 2.24) is 4.98 Å². The molecule has 0 bridgehead atoms. The Morgan fingerprint density at radius 3 is 2.23 bits per heavy atom. The standard InChI is InChI=1S/C35H40N2O3/c1-6-28(7-2)29-15-17-33(18-16-29)37(25(3)4)23-27-9-8-10-31(19-27)30-13-11-26(12-14-30)24-40-34-20-32(21-36-22-34)35(38)39-5/h8-22,25,28H,6-7,23-24H2,1-5H3. The molecular formula is C35H40N2O3. The van der Waals surface area contributed by atoms with Crippen LogP contribution in [0.2, 0.25) is 0 Å². The lowest BCUT2D eigenvalue weighted by Gasteiger charge is -2.30. The normalized spacial score (nSPS) is 11.1. The van der Waals surface area contributed by atoms with Gasteiger partial charge in [-0.15, -0.1) is 0 Å². The summed E-state index contributed by atoms with van der Waals surface area (Å²) >= 11 is 0. The zero-order valence-electron chi connectivity index (χ0n) is 24.3. The zero-order valence-corrected chi connectivity index (χ0v) is 24.3. The maximum atomic E-state index is 11.7. The molecule has 0 radical (unpaired) electrons. The maximum absolute atomic E-state index is 11.7. The first-order chi connectivity index (χ1) is 19.4. The monoisotopic (exact) mass is 536 g/mol. The number of carbonyl (C=O) groups excluding carboxylic acids is 1.